The lowest BCUT2D eigenvalue weighted by atomic mass is 10.2. The number of amides is 1. The molecule has 92 valence electrons. The fourth-order valence-electron chi connectivity index (χ4n) is 1.42. The van der Waals surface area contributed by atoms with Gasteiger partial charge in [0.1, 0.15) is 5.82 Å². The van der Waals surface area contributed by atoms with Crippen LogP contribution in [0.3, 0.4) is 0 Å². The van der Waals surface area contributed by atoms with Gasteiger partial charge in [0.2, 0.25) is 0 Å². The molecule has 5 heteroatoms. The molecule has 0 aromatic heterocycles. The third-order valence-corrected chi connectivity index (χ3v) is 3.25. The zero-order valence-electron chi connectivity index (χ0n) is 9.08. The Morgan fingerprint density at radius 3 is 2.44 bits per heavy atom. The molecule has 0 aliphatic heterocycles. The van der Waals surface area contributed by atoms with Crippen molar-refractivity contribution in [2.45, 2.75) is 0 Å². The standard InChI is InChI=1S/C13H8Br2FNO/c14-9-3-1-2-8(6-9)13(18)17-12-5-4-10(15)7-11(12)16/h1-7H,(H,17,18). The lowest BCUT2D eigenvalue weighted by Gasteiger charge is -2.07. The van der Waals surface area contributed by atoms with Crippen molar-refractivity contribution < 1.29 is 9.18 Å². The second kappa shape index (κ2) is 5.63. The number of carbonyl (C=O) groups is 1. The van der Waals surface area contributed by atoms with E-state index in [9.17, 15) is 9.18 Å². The van der Waals surface area contributed by atoms with Crippen molar-refractivity contribution in [1.29, 1.82) is 0 Å². The van der Waals surface area contributed by atoms with Crippen LogP contribution in [0.1, 0.15) is 10.4 Å². The van der Waals surface area contributed by atoms with E-state index >= 15 is 0 Å². The Labute approximate surface area is 120 Å². The zero-order valence-corrected chi connectivity index (χ0v) is 12.3. The molecule has 0 heterocycles. The average Bonchev–Trinajstić information content (AvgIpc) is 2.32. The quantitative estimate of drug-likeness (QED) is 0.819. The third-order valence-electron chi connectivity index (χ3n) is 2.27. The lowest BCUT2D eigenvalue weighted by molar-refractivity contribution is 0.102. The Morgan fingerprint density at radius 2 is 1.78 bits per heavy atom. The van der Waals surface area contributed by atoms with Gasteiger partial charge in [-0.3, -0.25) is 4.79 Å². The maximum atomic E-state index is 13.6. The molecule has 1 amide bonds. The summed E-state index contributed by atoms with van der Waals surface area (Å²) in [5.74, 6) is -0.828. The highest BCUT2D eigenvalue weighted by Gasteiger charge is 2.09. The smallest absolute Gasteiger partial charge is 0.255 e. The Bertz CT molecular complexity index is 601. The van der Waals surface area contributed by atoms with E-state index < -0.39 is 5.82 Å². The van der Waals surface area contributed by atoms with Gasteiger partial charge in [0.15, 0.2) is 0 Å². The second-order valence-electron chi connectivity index (χ2n) is 3.59. The van der Waals surface area contributed by atoms with Crippen LogP contribution in [0.25, 0.3) is 0 Å². The number of rotatable bonds is 2. The fourth-order valence-corrected chi connectivity index (χ4v) is 2.15. The van der Waals surface area contributed by atoms with Crippen molar-refractivity contribution in [2.75, 3.05) is 5.32 Å². The number of nitrogens with one attached hydrogen (secondary N) is 1. The van der Waals surface area contributed by atoms with Gasteiger partial charge in [-0.1, -0.05) is 37.9 Å². The molecule has 1 N–H and O–H groups in total. The molecule has 0 saturated heterocycles. The first-order valence-corrected chi connectivity index (χ1v) is 6.67. The van der Waals surface area contributed by atoms with Gasteiger partial charge < -0.3 is 5.32 Å². The summed E-state index contributed by atoms with van der Waals surface area (Å²) >= 11 is 6.44. The van der Waals surface area contributed by atoms with Crippen molar-refractivity contribution in [1.82, 2.24) is 0 Å². The minimum atomic E-state index is -0.479. The van der Waals surface area contributed by atoms with E-state index in [1.165, 1.54) is 12.1 Å². The van der Waals surface area contributed by atoms with E-state index in [0.29, 0.717) is 10.0 Å². The Balaban J connectivity index is 2.21. The largest absolute Gasteiger partial charge is 0.319 e. The summed E-state index contributed by atoms with van der Waals surface area (Å²) in [5.41, 5.74) is 0.620. The highest BCUT2D eigenvalue weighted by molar-refractivity contribution is 9.10. The van der Waals surface area contributed by atoms with Crippen molar-refractivity contribution in [3.8, 4) is 0 Å². The average molecular weight is 373 g/mol. The first kappa shape index (κ1) is 13.2. The Morgan fingerprint density at radius 1 is 1.06 bits per heavy atom. The summed E-state index contributed by atoms with van der Waals surface area (Å²) in [5, 5.41) is 2.53. The number of halogens is 3. The van der Waals surface area contributed by atoms with E-state index in [1.54, 1.807) is 24.3 Å². The van der Waals surface area contributed by atoms with Crippen LogP contribution in [0, 0.1) is 5.82 Å². The highest BCUT2D eigenvalue weighted by Crippen LogP contribution is 2.20. The van der Waals surface area contributed by atoms with E-state index in [0.717, 1.165) is 4.47 Å². The van der Waals surface area contributed by atoms with Crippen LogP contribution in [-0.4, -0.2) is 5.91 Å². The molecular formula is C13H8Br2FNO. The predicted molar refractivity (Wildman–Crippen MR) is 76.2 cm³/mol. The van der Waals surface area contributed by atoms with Crippen LogP contribution >= 0.6 is 31.9 Å². The monoisotopic (exact) mass is 371 g/mol. The first-order chi connectivity index (χ1) is 8.56. The first-order valence-electron chi connectivity index (χ1n) is 5.08. The molecule has 0 fully saturated rings. The molecular weight excluding hydrogens is 365 g/mol. The van der Waals surface area contributed by atoms with E-state index in [2.05, 4.69) is 37.2 Å². The molecule has 0 atom stereocenters. The van der Waals surface area contributed by atoms with Crippen molar-refractivity contribution in [3.05, 3.63) is 62.8 Å². The molecule has 2 rings (SSSR count). The van der Waals surface area contributed by atoms with E-state index in [-0.39, 0.29) is 11.6 Å². The fraction of sp³-hybridized carbons (Fsp3) is 0. The Hall–Kier alpha value is -1.20. The molecule has 2 nitrogen and oxygen atoms in total. The molecule has 0 radical (unpaired) electrons. The van der Waals surface area contributed by atoms with Crippen molar-refractivity contribution in [2.24, 2.45) is 0 Å². The summed E-state index contributed by atoms with van der Waals surface area (Å²) in [6.07, 6.45) is 0. The van der Waals surface area contributed by atoms with Gasteiger partial charge in [0, 0.05) is 14.5 Å². The van der Waals surface area contributed by atoms with Gasteiger partial charge in [-0.2, -0.15) is 0 Å². The molecule has 0 bridgehead atoms. The number of carbonyl (C=O) groups excluding carboxylic acids is 1. The third kappa shape index (κ3) is 3.17. The summed E-state index contributed by atoms with van der Waals surface area (Å²) in [7, 11) is 0. The number of hydrogen-bond acceptors (Lipinski definition) is 1. The van der Waals surface area contributed by atoms with Crippen LogP contribution in [0.2, 0.25) is 0 Å². The van der Waals surface area contributed by atoms with Gasteiger partial charge in [-0.25, -0.2) is 4.39 Å². The number of anilines is 1. The van der Waals surface area contributed by atoms with Gasteiger partial charge in [-0.05, 0) is 36.4 Å². The van der Waals surface area contributed by atoms with Gasteiger partial charge in [0.25, 0.3) is 5.91 Å². The van der Waals surface area contributed by atoms with Crippen LogP contribution < -0.4 is 5.32 Å². The van der Waals surface area contributed by atoms with Crippen LogP contribution in [0.5, 0.6) is 0 Å². The molecule has 0 aliphatic rings. The summed E-state index contributed by atoms with van der Waals surface area (Å²) in [4.78, 5) is 11.9. The summed E-state index contributed by atoms with van der Waals surface area (Å²) in [6.45, 7) is 0. The molecule has 2 aromatic rings. The predicted octanol–water partition coefficient (Wildman–Crippen LogP) is 4.60. The maximum absolute atomic E-state index is 13.6. The molecule has 18 heavy (non-hydrogen) atoms. The molecule has 0 saturated carbocycles. The van der Waals surface area contributed by atoms with E-state index in [1.807, 2.05) is 6.07 Å². The number of benzene rings is 2. The molecule has 2 aromatic carbocycles. The molecule has 0 unspecified atom stereocenters. The minimum Gasteiger partial charge on any atom is -0.319 e. The minimum absolute atomic E-state index is 0.156. The molecule has 0 spiro atoms. The van der Waals surface area contributed by atoms with Gasteiger partial charge >= 0.3 is 0 Å². The van der Waals surface area contributed by atoms with Crippen LogP contribution in [0.15, 0.2) is 51.4 Å². The lowest BCUT2D eigenvalue weighted by Crippen LogP contribution is -2.12. The Kier molecular flexibility index (Phi) is 4.14. The van der Waals surface area contributed by atoms with Crippen molar-refractivity contribution in [3.63, 3.8) is 0 Å². The highest BCUT2D eigenvalue weighted by atomic mass is 79.9. The van der Waals surface area contributed by atoms with E-state index in [4.69, 9.17) is 0 Å². The topological polar surface area (TPSA) is 29.1 Å². The summed E-state index contributed by atoms with van der Waals surface area (Å²) < 4.78 is 15.0. The normalized spacial score (nSPS) is 10.2. The summed E-state index contributed by atoms with van der Waals surface area (Å²) in [6, 6.07) is 11.4. The SMILES string of the molecule is O=C(Nc1ccc(Br)cc1F)c1cccc(Br)c1. The van der Waals surface area contributed by atoms with Gasteiger partial charge in [-0.15, -0.1) is 0 Å². The van der Waals surface area contributed by atoms with Crippen LogP contribution in [-0.2, 0) is 0 Å². The van der Waals surface area contributed by atoms with Crippen molar-refractivity contribution >= 4 is 43.5 Å². The molecule has 0 aliphatic carbocycles. The number of hydrogen-bond donors (Lipinski definition) is 1. The van der Waals surface area contributed by atoms with Gasteiger partial charge in [0.05, 0.1) is 5.69 Å². The zero-order chi connectivity index (χ0) is 13.1. The maximum Gasteiger partial charge on any atom is 0.255 e. The second-order valence-corrected chi connectivity index (χ2v) is 5.42. The van der Waals surface area contributed by atoms with Crippen LogP contribution in [0.4, 0.5) is 10.1 Å².